The minimum Gasteiger partial charge on any atom is -0.123 e. The molecule has 0 aromatic carbocycles. The molecule has 8 heavy (non-hydrogen) atoms. The third-order valence-electron chi connectivity index (χ3n) is 0.713. The summed E-state index contributed by atoms with van der Waals surface area (Å²) in [4.78, 5) is 0. The lowest BCUT2D eigenvalue weighted by Crippen LogP contribution is -1.63. The normalized spacial score (nSPS) is 8.88. The predicted octanol–water partition coefficient (Wildman–Crippen LogP) is 2.78. The van der Waals surface area contributed by atoms with Crippen molar-refractivity contribution in [2.24, 2.45) is 0 Å². The molecule has 0 nitrogen and oxygen atoms in total. The Morgan fingerprint density at radius 1 is 1.50 bits per heavy atom. The first kappa shape index (κ1) is 8.44. The summed E-state index contributed by atoms with van der Waals surface area (Å²) in [6.07, 6.45) is 7.20. The zero-order valence-corrected chi connectivity index (χ0v) is 6.94. The molecule has 0 saturated heterocycles. The largest absolute Gasteiger partial charge is 0.123 e. The molecule has 2 heteroatoms. The van der Waals surface area contributed by atoms with Gasteiger partial charge in [-0.15, -0.1) is 23.5 Å². The van der Waals surface area contributed by atoms with Gasteiger partial charge in [-0.1, -0.05) is 6.08 Å². The SMILES string of the molecule is [CH2]CC=C(SC)SC. The highest BCUT2D eigenvalue weighted by molar-refractivity contribution is 8.21. The van der Waals surface area contributed by atoms with Crippen LogP contribution in [0.4, 0.5) is 0 Å². The molecule has 0 N–H and O–H groups in total. The zero-order chi connectivity index (χ0) is 6.41. The summed E-state index contributed by atoms with van der Waals surface area (Å²) in [6, 6.07) is 0. The van der Waals surface area contributed by atoms with Crippen molar-refractivity contribution in [1.29, 1.82) is 0 Å². The topological polar surface area (TPSA) is 0 Å². The predicted molar refractivity (Wildman–Crippen MR) is 45.1 cm³/mol. The Labute approximate surface area is 60.1 Å². The fraction of sp³-hybridized carbons (Fsp3) is 0.500. The lowest BCUT2D eigenvalue weighted by molar-refractivity contribution is 1.41. The molecular weight excluding hydrogens is 136 g/mol. The van der Waals surface area contributed by atoms with Gasteiger partial charge in [-0.05, 0) is 25.9 Å². The highest BCUT2D eigenvalue weighted by Crippen LogP contribution is 2.23. The summed E-state index contributed by atoms with van der Waals surface area (Å²) in [5.41, 5.74) is 0. The first-order valence-corrected chi connectivity index (χ1v) is 4.87. The number of rotatable bonds is 3. The molecule has 0 atom stereocenters. The quantitative estimate of drug-likeness (QED) is 0.602. The molecule has 0 spiro atoms. The summed E-state index contributed by atoms with van der Waals surface area (Å²) in [5, 5.41) is 0. The van der Waals surface area contributed by atoms with Crippen molar-refractivity contribution in [2.45, 2.75) is 6.42 Å². The van der Waals surface area contributed by atoms with Gasteiger partial charge in [-0.2, -0.15) is 0 Å². The van der Waals surface area contributed by atoms with Crippen LogP contribution in [0.1, 0.15) is 6.42 Å². The molecule has 0 aliphatic carbocycles. The van der Waals surface area contributed by atoms with E-state index in [9.17, 15) is 0 Å². The molecule has 0 unspecified atom stereocenters. The second-order valence-electron chi connectivity index (χ2n) is 1.22. The van der Waals surface area contributed by atoms with Gasteiger partial charge in [0, 0.05) is 4.24 Å². The van der Waals surface area contributed by atoms with E-state index in [1.807, 2.05) is 0 Å². The van der Waals surface area contributed by atoms with Crippen LogP contribution in [-0.4, -0.2) is 12.5 Å². The van der Waals surface area contributed by atoms with Crippen molar-refractivity contribution >= 4 is 23.5 Å². The Hall–Kier alpha value is 0.440. The minimum absolute atomic E-state index is 0.900. The molecule has 0 aliphatic heterocycles. The smallest absolute Gasteiger partial charge is 0.0355 e. The van der Waals surface area contributed by atoms with Gasteiger partial charge in [0.25, 0.3) is 0 Å². The zero-order valence-electron chi connectivity index (χ0n) is 5.31. The number of hydrogen-bond acceptors (Lipinski definition) is 2. The van der Waals surface area contributed by atoms with E-state index in [-0.39, 0.29) is 0 Å². The molecule has 47 valence electrons. The van der Waals surface area contributed by atoms with E-state index in [2.05, 4.69) is 25.5 Å². The maximum Gasteiger partial charge on any atom is 0.0355 e. The van der Waals surface area contributed by atoms with Crippen LogP contribution in [-0.2, 0) is 0 Å². The van der Waals surface area contributed by atoms with Crippen LogP contribution in [0.15, 0.2) is 10.3 Å². The van der Waals surface area contributed by atoms with Crippen molar-refractivity contribution in [3.63, 3.8) is 0 Å². The Balaban J connectivity index is 3.49. The minimum atomic E-state index is 0.900. The summed E-state index contributed by atoms with van der Waals surface area (Å²) in [5.74, 6) is 0. The Morgan fingerprint density at radius 2 is 2.00 bits per heavy atom. The number of allylic oxidation sites excluding steroid dienone is 1. The Morgan fingerprint density at radius 3 is 2.12 bits per heavy atom. The Kier molecular flexibility index (Phi) is 5.88. The molecule has 0 rings (SSSR count). The van der Waals surface area contributed by atoms with Crippen LogP contribution < -0.4 is 0 Å². The summed E-state index contributed by atoms with van der Waals surface area (Å²) < 4.78 is 1.36. The van der Waals surface area contributed by atoms with Gasteiger partial charge in [0.05, 0.1) is 0 Å². The first-order chi connectivity index (χ1) is 3.85. The van der Waals surface area contributed by atoms with E-state index in [1.165, 1.54) is 4.24 Å². The fourth-order valence-corrected chi connectivity index (χ4v) is 1.60. The lowest BCUT2D eigenvalue weighted by Gasteiger charge is -1.94. The van der Waals surface area contributed by atoms with Gasteiger partial charge in [0.2, 0.25) is 0 Å². The van der Waals surface area contributed by atoms with E-state index in [1.54, 1.807) is 23.5 Å². The second kappa shape index (κ2) is 5.57. The first-order valence-electron chi connectivity index (χ1n) is 2.42. The third kappa shape index (κ3) is 3.44. The Bertz CT molecular complexity index is 70.6. The van der Waals surface area contributed by atoms with E-state index in [0.29, 0.717) is 0 Å². The average Bonchev–Trinajstić information content (AvgIpc) is 1.83. The molecule has 0 bridgehead atoms. The molecule has 0 heterocycles. The molecular formula is C6H11S2. The molecule has 0 aliphatic rings. The standard InChI is InChI=1S/C6H11S2/c1-4-5-6(7-2)8-3/h5H,1,4H2,2-3H3. The molecule has 0 aromatic rings. The van der Waals surface area contributed by atoms with Gasteiger partial charge < -0.3 is 0 Å². The van der Waals surface area contributed by atoms with Gasteiger partial charge >= 0.3 is 0 Å². The van der Waals surface area contributed by atoms with Crippen molar-refractivity contribution in [3.05, 3.63) is 17.2 Å². The van der Waals surface area contributed by atoms with E-state index < -0.39 is 0 Å². The van der Waals surface area contributed by atoms with Gasteiger partial charge in [0.1, 0.15) is 0 Å². The van der Waals surface area contributed by atoms with Crippen molar-refractivity contribution in [3.8, 4) is 0 Å². The molecule has 1 radical (unpaired) electrons. The van der Waals surface area contributed by atoms with Gasteiger partial charge in [0.15, 0.2) is 0 Å². The summed E-state index contributed by atoms with van der Waals surface area (Å²) >= 11 is 3.56. The van der Waals surface area contributed by atoms with Crippen LogP contribution in [0.2, 0.25) is 0 Å². The summed E-state index contributed by atoms with van der Waals surface area (Å²) in [7, 11) is 0. The average molecular weight is 147 g/mol. The maximum absolute atomic E-state index is 3.72. The highest BCUT2D eigenvalue weighted by atomic mass is 32.2. The highest BCUT2D eigenvalue weighted by Gasteiger charge is 1.85. The molecule has 0 fully saturated rings. The van der Waals surface area contributed by atoms with Crippen LogP contribution in [0.5, 0.6) is 0 Å². The van der Waals surface area contributed by atoms with Crippen LogP contribution in [0, 0.1) is 6.92 Å². The van der Waals surface area contributed by atoms with Crippen LogP contribution in [0.3, 0.4) is 0 Å². The lowest BCUT2D eigenvalue weighted by atomic mass is 10.5. The van der Waals surface area contributed by atoms with Crippen molar-refractivity contribution in [2.75, 3.05) is 12.5 Å². The van der Waals surface area contributed by atoms with E-state index >= 15 is 0 Å². The van der Waals surface area contributed by atoms with Crippen molar-refractivity contribution < 1.29 is 0 Å². The molecule has 0 saturated carbocycles. The monoisotopic (exact) mass is 147 g/mol. The molecule has 0 amide bonds. The fourth-order valence-electron chi connectivity index (χ4n) is 0.368. The van der Waals surface area contributed by atoms with E-state index in [4.69, 9.17) is 0 Å². The van der Waals surface area contributed by atoms with Crippen LogP contribution in [0.25, 0.3) is 0 Å². The second-order valence-corrected chi connectivity index (χ2v) is 3.17. The summed E-state index contributed by atoms with van der Waals surface area (Å²) in [6.45, 7) is 3.72. The number of thioether (sulfide) groups is 2. The van der Waals surface area contributed by atoms with E-state index in [0.717, 1.165) is 6.42 Å². The molecule has 0 aromatic heterocycles. The third-order valence-corrected chi connectivity index (χ3v) is 2.85. The number of hydrogen-bond donors (Lipinski definition) is 0. The van der Waals surface area contributed by atoms with Gasteiger partial charge in [-0.25, -0.2) is 0 Å². The maximum atomic E-state index is 3.72. The van der Waals surface area contributed by atoms with Gasteiger partial charge in [-0.3, -0.25) is 0 Å². The van der Waals surface area contributed by atoms with Crippen LogP contribution >= 0.6 is 23.5 Å². The van der Waals surface area contributed by atoms with Crippen molar-refractivity contribution in [1.82, 2.24) is 0 Å².